The Kier molecular flexibility index (Phi) is 3.62. The third-order valence-electron chi connectivity index (χ3n) is 4.13. The first-order valence-electron chi connectivity index (χ1n) is 6.77. The zero-order valence-corrected chi connectivity index (χ0v) is 11.5. The standard InChI is InChI=1S/C15H25NO/c1-11-10-15(3,4)8-7-13(11)16-12(2)14-6-5-9-17-14/h5-6,9,11-13,16H,7-8,10H2,1-4H3/t11?,12-,13?/m0/s1. The Labute approximate surface area is 105 Å². The van der Waals surface area contributed by atoms with Gasteiger partial charge in [-0.25, -0.2) is 0 Å². The highest BCUT2D eigenvalue weighted by molar-refractivity contribution is 5.04. The van der Waals surface area contributed by atoms with Crippen LogP contribution in [-0.4, -0.2) is 6.04 Å². The molecule has 1 N–H and O–H groups in total. The van der Waals surface area contributed by atoms with E-state index in [1.165, 1.54) is 19.3 Å². The molecule has 0 bridgehead atoms. The van der Waals surface area contributed by atoms with Crippen LogP contribution in [0.3, 0.4) is 0 Å². The average molecular weight is 235 g/mol. The van der Waals surface area contributed by atoms with E-state index in [2.05, 4.69) is 39.1 Å². The van der Waals surface area contributed by atoms with E-state index in [-0.39, 0.29) is 0 Å². The van der Waals surface area contributed by atoms with Gasteiger partial charge in [0.05, 0.1) is 12.3 Å². The fourth-order valence-corrected chi connectivity index (χ4v) is 3.14. The molecule has 0 saturated heterocycles. The normalized spacial score (nSPS) is 30.1. The van der Waals surface area contributed by atoms with Crippen LogP contribution in [0.4, 0.5) is 0 Å². The Morgan fingerprint density at radius 2 is 2.24 bits per heavy atom. The van der Waals surface area contributed by atoms with Gasteiger partial charge in [-0.2, -0.15) is 0 Å². The van der Waals surface area contributed by atoms with E-state index in [0.29, 0.717) is 17.5 Å². The number of furan rings is 1. The molecule has 3 atom stereocenters. The van der Waals surface area contributed by atoms with Crippen LogP contribution >= 0.6 is 0 Å². The van der Waals surface area contributed by atoms with Crippen molar-refractivity contribution in [1.29, 1.82) is 0 Å². The maximum atomic E-state index is 5.45. The van der Waals surface area contributed by atoms with Gasteiger partial charge in [-0.3, -0.25) is 0 Å². The van der Waals surface area contributed by atoms with Crippen LogP contribution < -0.4 is 5.32 Å². The van der Waals surface area contributed by atoms with Gasteiger partial charge in [0, 0.05) is 6.04 Å². The lowest BCUT2D eigenvalue weighted by Gasteiger charge is -2.40. The first-order chi connectivity index (χ1) is 7.98. The molecule has 2 rings (SSSR count). The van der Waals surface area contributed by atoms with Gasteiger partial charge in [-0.15, -0.1) is 0 Å². The summed E-state index contributed by atoms with van der Waals surface area (Å²) in [6, 6.07) is 4.96. The maximum Gasteiger partial charge on any atom is 0.120 e. The second kappa shape index (κ2) is 4.85. The molecule has 1 heterocycles. The lowest BCUT2D eigenvalue weighted by molar-refractivity contribution is 0.140. The molecular weight excluding hydrogens is 210 g/mol. The minimum Gasteiger partial charge on any atom is -0.468 e. The molecule has 1 aliphatic rings. The van der Waals surface area contributed by atoms with Crippen LogP contribution in [0, 0.1) is 11.3 Å². The molecule has 17 heavy (non-hydrogen) atoms. The van der Waals surface area contributed by atoms with Crippen LogP contribution in [0.2, 0.25) is 0 Å². The maximum absolute atomic E-state index is 5.45. The molecule has 1 fully saturated rings. The predicted octanol–water partition coefficient (Wildman–Crippen LogP) is 4.15. The first kappa shape index (κ1) is 12.7. The van der Waals surface area contributed by atoms with E-state index in [0.717, 1.165) is 11.7 Å². The van der Waals surface area contributed by atoms with Crippen molar-refractivity contribution in [3.63, 3.8) is 0 Å². The lowest BCUT2D eigenvalue weighted by atomic mass is 9.70. The topological polar surface area (TPSA) is 25.2 Å². The summed E-state index contributed by atoms with van der Waals surface area (Å²) < 4.78 is 5.45. The Morgan fingerprint density at radius 3 is 2.82 bits per heavy atom. The van der Waals surface area contributed by atoms with Gasteiger partial charge < -0.3 is 9.73 Å². The highest BCUT2D eigenvalue weighted by Crippen LogP contribution is 2.39. The zero-order chi connectivity index (χ0) is 12.5. The van der Waals surface area contributed by atoms with E-state index in [1.54, 1.807) is 6.26 Å². The third kappa shape index (κ3) is 3.12. The molecular formula is C15H25NO. The lowest BCUT2D eigenvalue weighted by Crippen LogP contribution is -2.42. The van der Waals surface area contributed by atoms with E-state index in [4.69, 9.17) is 4.42 Å². The molecule has 1 aromatic heterocycles. The van der Waals surface area contributed by atoms with E-state index in [9.17, 15) is 0 Å². The molecule has 1 aromatic rings. The smallest absolute Gasteiger partial charge is 0.120 e. The van der Waals surface area contributed by atoms with Crippen LogP contribution in [0.15, 0.2) is 22.8 Å². The van der Waals surface area contributed by atoms with Crippen LogP contribution in [0.5, 0.6) is 0 Å². The van der Waals surface area contributed by atoms with Crippen LogP contribution in [0.25, 0.3) is 0 Å². The molecule has 0 aromatic carbocycles. The van der Waals surface area contributed by atoms with Gasteiger partial charge in [0.2, 0.25) is 0 Å². The number of rotatable bonds is 3. The fourth-order valence-electron chi connectivity index (χ4n) is 3.14. The zero-order valence-electron chi connectivity index (χ0n) is 11.5. The first-order valence-corrected chi connectivity index (χ1v) is 6.77. The van der Waals surface area contributed by atoms with Gasteiger partial charge in [0.15, 0.2) is 0 Å². The van der Waals surface area contributed by atoms with Crippen molar-refractivity contribution in [1.82, 2.24) is 5.32 Å². The van der Waals surface area contributed by atoms with Crippen molar-refractivity contribution in [3.8, 4) is 0 Å². The number of nitrogens with one attached hydrogen (secondary N) is 1. The molecule has 2 nitrogen and oxygen atoms in total. The monoisotopic (exact) mass is 235 g/mol. The Morgan fingerprint density at radius 1 is 1.47 bits per heavy atom. The summed E-state index contributed by atoms with van der Waals surface area (Å²) in [6.07, 6.45) is 5.66. The van der Waals surface area contributed by atoms with Gasteiger partial charge >= 0.3 is 0 Å². The fraction of sp³-hybridized carbons (Fsp3) is 0.733. The molecule has 1 aliphatic carbocycles. The van der Waals surface area contributed by atoms with E-state index < -0.39 is 0 Å². The van der Waals surface area contributed by atoms with E-state index >= 15 is 0 Å². The van der Waals surface area contributed by atoms with Gasteiger partial charge in [-0.05, 0) is 49.7 Å². The largest absolute Gasteiger partial charge is 0.468 e. The summed E-state index contributed by atoms with van der Waals surface area (Å²) in [5.41, 5.74) is 0.519. The summed E-state index contributed by atoms with van der Waals surface area (Å²) in [5, 5.41) is 3.72. The molecule has 96 valence electrons. The van der Waals surface area contributed by atoms with Gasteiger partial charge in [-0.1, -0.05) is 20.8 Å². The minimum atomic E-state index is 0.318. The summed E-state index contributed by atoms with van der Waals surface area (Å²) in [6.45, 7) is 9.32. The summed E-state index contributed by atoms with van der Waals surface area (Å²) in [7, 11) is 0. The highest BCUT2D eigenvalue weighted by Gasteiger charge is 2.32. The summed E-state index contributed by atoms with van der Waals surface area (Å²) in [4.78, 5) is 0. The molecule has 2 heteroatoms. The van der Waals surface area contributed by atoms with Crippen molar-refractivity contribution in [2.75, 3.05) is 0 Å². The molecule has 0 amide bonds. The molecule has 0 spiro atoms. The molecule has 1 saturated carbocycles. The Bertz CT molecular complexity index is 342. The highest BCUT2D eigenvalue weighted by atomic mass is 16.3. The van der Waals surface area contributed by atoms with Crippen molar-refractivity contribution >= 4 is 0 Å². The number of hydrogen-bond donors (Lipinski definition) is 1. The van der Waals surface area contributed by atoms with Crippen LogP contribution in [-0.2, 0) is 0 Å². The van der Waals surface area contributed by atoms with Gasteiger partial charge in [0.1, 0.15) is 5.76 Å². The van der Waals surface area contributed by atoms with Crippen LogP contribution in [0.1, 0.15) is 58.8 Å². The second-order valence-corrected chi connectivity index (χ2v) is 6.39. The van der Waals surface area contributed by atoms with E-state index in [1.807, 2.05) is 6.07 Å². The summed E-state index contributed by atoms with van der Waals surface area (Å²) >= 11 is 0. The Hall–Kier alpha value is -0.760. The van der Waals surface area contributed by atoms with Crippen molar-refractivity contribution in [2.45, 2.75) is 59.0 Å². The number of hydrogen-bond acceptors (Lipinski definition) is 2. The van der Waals surface area contributed by atoms with Gasteiger partial charge in [0.25, 0.3) is 0 Å². The SMILES string of the molecule is CC1CC(C)(C)CCC1N[C@@H](C)c1ccco1. The Balaban J connectivity index is 1.92. The molecule has 0 radical (unpaired) electrons. The summed E-state index contributed by atoms with van der Waals surface area (Å²) in [5.74, 6) is 1.79. The quantitative estimate of drug-likeness (QED) is 0.851. The van der Waals surface area contributed by atoms with Crippen molar-refractivity contribution in [2.24, 2.45) is 11.3 Å². The molecule has 0 aliphatic heterocycles. The third-order valence-corrected chi connectivity index (χ3v) is 4.13. The molecule has 2 unspecified atom stereocenters. The average Bonchev–Trinajstić information content (AvgIpc) is 2.74. The van der Waals surface area contributed by atoms with Crippen molar-refractivity contribution < 1.29 is 4.42 Å². The second-order valence-electron chi connectivity index (χ2n) is 6.39. The minimum absolute atomic E-state index is 0.318. The predicted molar refractivity (Wildman–Crippen MR) is 70.8 cm³/mol. The van der Waals surface area contributed by atoms with Crippen molar-refractivity contribution in [3.05, 3.63) is 24.2 Å².